The number of amides is 1. The average molecular weight is 306 g/mol. The minimum atomic E-state index is -0.330. The van der Waals surface area contributed by atoms with E-state index in [1.165, 1.54) is 0 Å². The standard InChI is InChI=1S/C16H26N4O2/c1-3-14(21)20-12-4-13(20)8-19(7-12)10(2)15(22)16-5-11(18-16)6-17-9-16/h10-13,17-18H,3-9H2,1-2H3. The summed E-state index contributed by atoms with van der Waals surface area (Å²) in [5.74, 6) is 0.587. The minimum absolute atomic E-state index is 0.0578. The molecule has 2 N–H and O–H groups in total. The monoisotopic (exact) mass is 306 g/mol. The van der Waals surface area contributed by atoms with Crippen molar-refractivity contribution in [2.75, 3.05) is 26.2 Å². The molecule has 1 amide bonds. The van der Waals surface area contributed by atoms with E-state index in [-0.39, 0.29) is 17.5 Å². The molecule has 0 spiro atoms. The molecule has 122 valence electrons. The van der Waals surface area contributed by atoms with Crippen molar-refractivity contribution < 1.29 is 9.59 Å². The second-order valence-corrected chi connectivity index (χ2v) is 7.45. The van der Waals surface area contributed by atoms with Crippen LogP contribution in [0.15, 0.2) is 0 Å². The predicted octanol–water partition coefficient (Wildman–Crippen LogP) is -0.657. The Balaban J connectivity index is 1.40. The van der Waals surface area contributed by atoms with Gasteiger partial charge in [0, 0.05) is 50.7 Å². The van der Waals surface area contributed by atoms with Crippen LogP contribution in [0.5, 0.6) is 0 Å². The molecule has 5 atom stereocenters. The predicted molar refractivity (Wildman–Crippen MR) is 82.5 cm³/mol. The van der Waals surface area contributed by atoms with E-state index >= 15 is 0 Å². The number of piperazine rings is 2. The highest BCUT2D eigenvalue weighted by atomic mass is 16.2. The molecule has 5 unspecified atom stereocenters. The molecule has 6 saturated heterocycles. The molecule has 6 rings (SSSR count). The summed E-state index contributed by atoms with van der Waals surface area (Å²) in [5.41, 5.74) is -0.330. The number of rotatable bonds is 4. The number of nitrogens with zero attached hydrogens (tertiary/aromatic N) is 2. The first-order valence-electron chi connectivity index (χ1n) is 8.62. The molecule has 0 saturated carbocycles. The molecule has 0 aromatic carbocycles. The maximum atomic E-state index is 12.9. The number of nitrogens with one attached hydrogen (secondary N) is 2. The second-order valence-electron chi connectivity index (χ2n) is 7.45. The normalized spacial score (nSPS) is 41.4. The Hall–Kier alpha value is -0.980. The van der Waals surface area contributed by atoms with Crippen molar-refractivity contribution in [3.8, 4) is 0 Å². The quantitative estimate of drug-likeness (QED) is 0.722. The van der Waals surface area contributed by atoms with Gasteiger partial charge in [-0.1, -0.05) is 6.92 Å². The van der Waals surface area contributed by atoms with Crippen molar-refractivity contribution in [2.45, 2.75) is 62.8 Å². The number of ketones is 1. The molecule has 0 aromatic rings. The van der Waals surface area contributed by atoms with Crippen molar-refractivity contribution >= 4 is 11.7 Å². The zero-order chi connectivity index (χ0) is 15.5. The Labute approximate surface area is 131 Å². The first-order valence-corrected chi connectivity index (χ1v) is 8.62. The van der Waals surface area contributed by atoms with Crippen molar-refractivity contribution in [1.82, 2.24) is 20.4 Å². The molecule has 0 radical (unpaired) electrons. The van der Waals surface area contributed by atoms with Crippen LogP contribution in [0.2, 0.25) is 0 Å². The van der Waals surface area contributed by atoms with Crippen LogP contribution in [-0.2, 0) is 9.59 Å². The van der Waals surface area contributed by atoms with E-state index in [0.717, 1.165) is 39.0 Å². The van der Waals surface area contributed by atoms with Gasteiger partial charge in [-0.3, -0.25) is 19.8 Å². The Morgan fingerprint density at radius 2 is 2.00 bits per heavy atom. The lowest BCUT2D eigenvalue weighted by atomic mass is 9.72. The summed E-state index contributed by atoms with van der Waals surface area (Å²) in [6.07, 6.45) is 2.67. The summed E-state index contributed by atoms with van der Waals surface area (Å²) in [6.45, 7) is 7.40. The number of fused-ring (bicyclic) bond motifs is 4. The summed E-state index contributed by atoms with van der Waals surface area (Å²) in [6, 6.07) is 1.06. The van der Waals surface area contributed by atoms with Crippen LogP contribution in [0.4, 0.5) is 0 Å². The Morgan fingerprint density at radius 3 is 2.55 bits per heavy atom. The summed E-state index contributed by atoms with van der Waals surface area (Å²) in [7, 11) is 0. The Morgan fingerprint density at radius 1 is 1.32 bits per heavy atom. The molecule has 6 fully saturated rings. The molecule has 0 aliphatic carbocycles. The van der Waals surface area contributed by atoms with Crippen molar-refractivity contribution in [2.24, 2.45) is 0 Å². The van der Waals surface area contributed by atoms with Crippen LogP contribution in [-0.4, -0.2) is 77.4 Å². The molecule has 0 aromatic heterocycles. The van der Waals surface area contributed by atoms with Gasteiger partial charge in [0.05, 0.1) is 11.6 Å². The lowest BCUT2D eigenvalue weighted by Crippen LogP contribution is -2.80. The number of carbonyl (C=O) groups is 2. The van der Waals surface area contributed by atoms with Gasteiger partial charge in [-0.2, -0.15) is 0 Å². The van der Waals surface area contributed by atoms with Crippen LogP contribution in [0.3, 0.4) is 0 Å². The maximum absolute atomic E-state index is 12.9. The van der Waals surface area contributed by atoms with E-state index in [1.54, 1.807) is 0 Å². The highest BCUT2D eigenvalue weighted by Gasteiger charge is 2.55. The van der Waals surface area contributed by atoms with Gasteiger partial charge >= 0.3 is 0 Å². The summed E-state index contributed by atoms with van der Waals surface area (Å²) >= 11 is 0. The smallest absolute Gasteiger partial charge is 0.222 e. The Kier molecular flexibility index (Phi) is 3.33. The third-order valence-corrected chi connectivity index (χ3v) is 6.10. The van der Waals surface area contributed by atoms with Crippen LogP contribution in [0, 0.1) is 0 Å². The van der Waals surface area contributed by atoms with E-state index in [2.05, 4.69) is 15.5 Å². The number of hydrogen-bond donors (Lipinski definition) is 2. The van der Waals surface area contributed by atoms with E-state index in [4.69, 9.17) is 0 Å². The lowest BCUT2D eigenvalue weighted by molar-refractivity contribution is -0.158. The van der Waals surface area contributed by atoms with E-state index in [9.17, 15) is 9.59 Å². The average Bonchev–Trinajstić information content (AvgIpc) is 2.53. The molecule has 6 nitrogen and oxygen atoms in total. The first-order chi connectivity index (χ1) is 10.5. The zero-order valence-corrected chi connectivity index (χ0v) is 13.5. The molecule has 22 heavy (non-hydrogen) atoms. The summed E-state index contributed by atoms with van der Waals surface area (Å²) in [4.78, 5) is 29.2. The first kappa shape index (κ1) is 14.6. The number of carbonyl (C=O) groups excluding carboxylic acids is 2. The van der Waals surface area contributed by atoms with Crippen molar-refractivity contribution in [3.05, 3.63) is 0 Å². The number of piperidine rings is 2. The maximum Gasteiger partial charge on any atom is 0.222 e. The Bertz CT molecular complexity index is 485. The topological polar surface area (TPSA) is 64.7 Å². The van der Waals surface area contributed by atoms with Crippen LogP contribution >= 0.6 is 0 Å². The highest BCUT2D eigenvalue weighted by Crippen LogP contribution is 2.36. The summed E-state index contributed by atoms with van der Waals surface area (Å²) < 4.78 is 0. The third-order valence-electron chi connectivity index (χ3n) is 6.10. The fourth-order valence-corrected chi connectivity index (χ4v) is 4.87. The second kappa shape index (κ2) is 5.01. The molecule has 6 aliphatic rings. The molecule has 6 aliphatic heterocycles. The van der Waals surface area contributed by atoms with Gasteiger partial charge in [-0.25, -0.2) is 0 Å². The highest BCUT2D eigenvalue weighted by molar-refractivity contribution is 5.94. The molecule has 6 heteroatoms. The molecular weight excluding hydrogens is 280 g/mol. The van der Waals surface area contributed by atoms with Gasteiger partial charge in [0.15, 0.2) is 5.78 Å². The van der Waals surface area contributed by atoms with Gasteiger partial charge in [0.2, 0.25) is 5.91 Å². The fraction of sp³-hybridized carbons (Fsp3) is 0.875. The number of Topliss-reactive ketones (excluding diaryl/α,β-unsaturated/α-hetero) is 1. The zero-order valence-electron chi connectivity index (χ0n) is 13.5. The van der Waals surface area contributed by atoms with Gasteiger partial charge < -0.3 is 10.2 Å². The van der Waals surface area contributed by atoms with E-state index in [0.29, 0.717) is 30.3 Å². The minimum Gasteiger partial charge on any atom is -0.334 e. The molecule has 4 bridgehead atoms. The summed E-state index contributed by atoms with van der Waals surface area (Å²) in [5, 5.41) is 6.82. The molecule has 6 heterocycles. The van der Waals surface area contributed by atoms with Crippen LogP contribution in [0.1, 0.15) is 33.1 Å². The van der Waals surface area contributed by atoms with Crippen LogP contribution in [0.25, 0.3) is 0 Å². The largest absolute Gasteiger partial charge is 0.334 e. The SMILES string of the molecule is CCC(=O)N1C2CC1CN(C(C)C(=O)C13CNCC(C1)N3)C2. The fourth-order valence-electron chi connectivity index (χ4n) is 4.87. The van der Waals surface area contributed by atoms with E-state index < -0.39 is 0 Å². The lowest BCUT2D eigenvalue weighted by Gasteiger charge is -2.59. The van der Waals surface area contributed by atoms with Gasteiger partial charge in [0.1, 0.15) is 0 Å². The molecular formula is C16H26N4O2. The van der Waals surface area contributed by atoms with Crippen molar-refractivity contribution in [3.63, 3.8) is 0 Å². The third kappa shape index (κ3) is 1.97. The van der Waals surface area contributed by atoms with Crippen molar-refractivity contribution in [1.29, 1.82) is 0 Å². The van der Waals surface area contributed by atoms with Gasteiger partial charge in [-0.15, -0.1) is 0 Å². The van der Waals surface area contributed by atoms with Crippen LogP contribution < -0.4 is 10.6 Å². The van der Waals surface area contributed by atoms with Gasteiger partial charge in [0.25, 0.3) is 0 Å². The van der Waals surface area contributed by atoms with Gasteiger partial charge in [-0.05, 0) is 19.8 Å². The van der Waals surface area contributed by atoms with E-state index in [1.807, 2.05) is 18.7 Å². The number of hydrogen-bond acceptors (Lipinski definition) is 5.